The molecule has 1 saturated heterocycles. The van der Waals surface area contributed by atoms with E-state index < -0.39 is 24.5 Å². The Balaban J connectivity index is 1.68. The number of nitrogens with zero attached hydrogens (tertiary/aromatic N) is 1. The lowest BCUT2D eigenvalue weighted by molar-refractivity contribution is -0.144. The third kappa shape index (κ3) is 4.35. The van der Waals surface area contributed by atoms with E-state index in [9.17, 15) is 14.7 Å². The molecule has 3 rings (SSSR count). The van der Waals surface area contributed by atoms with Gasteiger partial charge in [-0.05, 0) is 55.3 Å². The van der Waals surface area contributed by atoms with Crippen molar-refractivity contribution in [3.05, 3.63) is 34.3 Å². The van der Waals surface area contributed by atoms with E-state index in [1.807, 2.05) is 18.2 Å². The minimum absolute atomic E-state index is 0.0164. The Bertz CT molecular complexity index is 762. The van der Waals surface area contributed by atoms with Crippen LogP contribution in [0.4, 0.5) is 0 Å². The number of carboxylic acids is 1. The van der Waals surface area contributed by atoms with Crippen molar-refractivity contribution in [3.63, 3.8) is 0 Å². The minimum atomic E-state index is -1.50. The first kappa shape index (κ1) is 21.1. The maximum absolute atomic E-state index is 13.1. The molecule has 0 saturated carbocycles. The molecule has 2 aliphatic rings. The summed E-state index contributed by atoms with van der Waals surface area (Å²) in [6.07, 6.45) is 3.11. The lowest BCUT2D eigenvalue weighted by Gasteiger charge is -2.28. The Kier molecular flexibility index (Phi) is 6.34. The number of carbonyl (C=O) groups excluding carboxylic acids is 1. The molecular formula is C19H26BClN2O5. The van der Waals surface area contributed by atoms with Gasteiger partial charge in [0.25, 0.3) is 0 Å². The summed E-state index contributed by atoms with van der Waals surface area (Å²) in [6.45, 7) is 0.268. The van der Waals surface area contributed by atoms with E-state index in [1.54, 1.807) is 4.90 Å². The van der Waals surface area contributed by atoms with Crippen LogP contribution in [0.3, 0.4) is 0 Å². The van der Waals surface area contributed by atoms with Gasteiger partial charge in [-0.25, -0.2) is 0 Å². The smallest absolute Gasteiger partial charge is 0.451 e. The van der Waals surface area contributed by atoms with Gasteiger partial charge in [-0.3, -0.25) is 9.59 Å². The maximum atomic E-state index is 13.1. The number of likely N-dealkylation sites (tertiary alicyclic amines) is 1. The van der Waals surface area contributed by atoms with Crippen LogP contribution >= 0.6 is 11.6 Å². The molecule has 1 aromatic carbocycles. The third-order valence-electron chi connectivity index (χ3n) is 6.09. The predicted molar refractivity (Wildman–Crippen MR) is 106 cm³/mol. The highest BCUT2D eigenvalue weighted by molar-refractivity contribution is 6.40. The van der Waals surface area contributed by atoms with Gasteiger partial charge in [0.1, 0.15) is 5.54 Å². The number of aryl methyl sites for hydroxylation is 1. The number of carbonyl (C=O) groups is 2. The van der Waals surface area contributed by atoms with Crippen molar-refractivity contribution >= 4 is 30.6 Å². The van der Waals surface area contributed by atoms with Gasteiger partial charge in [-0.1, -0.05) is 24.1 Å². The van der Waals surface area contributed by atoms with Crippen molar-refractivity contribution in [2.24, 2.45) is 17.6 Å². The van der Waals surface area contributed by atoms with Gasteiger partial charge in [0.05, 0.1) is 0 Å². The zero-order valence-electron chi connectivity index (χ0n) is 15.7. The molecule has 1 aliphatic carbocycles. The van der Waals surface area contributed by atoms with Crippen LogP contribution in [0.15, 0.2) is 18.2 Å². The van der Waals surface area contributed by atoms with Gasteiger partial charge in [0, 0.05) is 29.9 Å². The lowest BCUT2D eigenvalue weighted by atomic mass is 9.78. The highest BCUT2D eigenvalue weighted by atomic mass is 35.5. The van der Waals surface area contributed by atoms with Crippen LogP contribution in [0.1, 0.15) is 30.4 Å². The quantitative estimate of drug-likeness (QED) is 0.519. The average molecular weight is 409 g/mol. The van der Waals surface area contributed by atoms with Gasteiger partial charge in [-0.2, -0.15) is 0 Å². The number of fused-ring (bicyclic) bond motifs is 1. The summed E-state index contributed by atoms with van der Waals surface area (Å²) >= 11 is 6.04. The number of aliphatic carboxylic acids is 1. The standard InChI is InChI=1S/C19H26BClN2O5/c21-16-6-5-12-8-14(4-3-13(12)9-16)17(24)23-10-15(2-1-7-20(27)28)19(22,11-23)18(25)26/h5-6,9,14-15,27-28H,1-4,7-8,10-11,22H2,(H,25,26)/t14?,15-,19-/m0/s1. The first-order valence-corrected chi connectivity index (χ1v) is 10.0. The van der Waals surface area contributed by atoms with Crippen LogP contribution in [0.2, 0.25) is 11.3 Å². The van der Waals surface area contributed by atoms with Gasteiger partial charge < -0.3 is 25.8 Å². The summed E-state index contributed by atoms with van der Waals surface area (Å²) in [5.41, 5.74) is 6.95. The van der Waals surface area contributed by atoms with Crippen molar-refractivity contribution in [2.75, 3.05) is 13.1 Å². The SMILES string of the molecule is N[C@@]1(C(=O)O)CN(C(=O)C2CCc3cc(Cl)ccc3C2)C[C@@H]1CCCB(O)O. The largest absolute Gasteiger partial charge is 0.480 e. The molecule has 1 aliphatic heterocycles. The van der Waals surface area contributed by atoms with E-state index in [4.69, 9.17) is 27.4 Å². The average Bonchev–Trinajstić information content (AvgIpc) is 2.98. The van der Waals surface area contributed by atoms with Crippen molar-refractivity contribution in [3.8, 4) is 0 Å². The Morgan fingerprint density at radius 3 is 2.75 bits per heavy atom. The number of benzene rings is 1. The summed E-state index contributed by atoms with van der Waals surface area (Å²) in [5.74, 6) is -1.78. The summed E-state index contributed by atoms with van der Waals surface area (Å²) < 4.78 is 0. The van der Waals surface area contributed by atoms with E-state index in [2.05, 4.69) is 0 Å². The second-order valence-corrected chi connectivity index (χ2v) is 8.46. The summed E-state index contributed by atoms with van der Waals surface area (Å²) in [5, 5.41) is 28.3. The third-order valence-corrected chi connectivity index (χ3v) is 6.33. The molecule has 1 heterocycles. The van der Waals surface area contributed by atoms with Gasteiger partial charge in [-0.15, -0.1) is 0 Å². The molecule has 1 amide bonds. The Morgan fingerprint density at radius 2 is 2.07 bits per heavy atom. The topological polar surface area (TPSA) is 124 Å². The van der Waals surface area contributed by atoms with E-state index in [0.717, 1.165) is 17.5 Å². The molecule has 28 heavy (non-hydrogen) atoms. The van der Waals surface area contributed by atoms with Crippen LogP contribution < -0.4 is 5.73 Å². The number of amides is 1. The van der Waals surface area contributed by atoms with Crippen molar-refractivity contribution in [1.82, 2.24) is 4.90 Å². The molecule has 1 aromatic rings. The number of hydrogen-bond donors (Lipinski definition) is 4. The molecule has 1 unspecified atom stereocenters. The summed E-state index contributed by atoms with van der Waals surface area (Å²) in [6, 6.07) is 5.72. The van der Waals surface area contributed by atoms with Crippen LogP contribution in [0, 0.1) is 11.8 Å². The lowest BCUT2D eigenvalue weighted by Crippen LogP contribution is -2.55. The fraction of sp³-hybridized carbons (Fsp3) is 0.579. The fourth-order valence-electron chi connectivity index (χ4n) is 4.44. The van der Waals surface area contributed by atoms with Crippen LogP contribution in [-0.2, 0) is 22.4 Å². The molecule has 7 nitrogen and oxygen atoms in total. The molecule has 1 fully saturated rings. The molecular weight excluding hydrogens is 382 g/mol. The number of rotatable bonds is 6. The maximum Gasteiger partial charge on any atom is 0.451 e. The van der Waals surface area contributed by atoms with Gasteiger partial charge >= 0.3 is 13.1 Å². The monoisotopic (exact) mass is 408 g/mol. The first-order valence-electron chi connectivity index (χ1n) is 9.65. The van der Waals surface area contributed by atoms with E-state index in [0.29, 0.717) is 30.7 Å². The van der Waals surface area contributed by atoms with Gasteiger partial charge in [0.2, 0.25) is 5.91 Å². The van der Waals surface area contributed by atoms with Crippen LogP contribution in [0.25, 0.3) is 0 Å². The van der Waals surface area contributed by atoms with Crippen LogP contribution in [-0.4, -0.2) is 57.7 Å². The molecule has 9 heteroatoms. The van der Waals surface area contributed by atoms with E-state index in [1.165, 1.54) is 0 Å². The van der Waals surface area contributed by atoms with E-state index in [-0.39, 0.29) is 31.2 Å². The molecule has 0 radical (unpaired) electrons. The van der Waals surface area contributed by atoms with Crippen molar-refractivity contribution in [1.29, 1.82) is 0 Å². The number of nitrogens with two attached hydrogens (primary N) is 1. The highest BCUT2D eigenvalue weighted by Gasteiger charge is 2.51. The highest BCUT2D eigenvalue weighted by Crippen LogP contribution is 2.34. The molecule has 3 atom stereocenters. The second kappa shape index (κ2) is 8.41. The molecule has 0 spiro atoms. The van der Waals surface area contributed by atoms with Crippen molar-refractivity contribution < 1.29 is 24.7 Å². The summed E-state index contributed by atoms with van der Waals surface area (Å²) in [4.78, 5) is 26.5. The number of hydrogen-bond acceptors (Lipinski definition) is 5. The molecule has 152 valence electrons. The zero-order chi connectivity index (χ0) is 20.5. The first-order chi connectivity index (χ1) is 13.2. The minimum Gasteiger partial charge on any atom is -0.480 e. The zero-order valence-corrected chi connectivity index (χ0v) is 16.4. The normalized spacial score (nSPS) is 26.8. The van der Waals surface area contributed by atoms with Gasteiger partial charge in [0.15, 0.2) is 0 Å². The number of carboxylic acid groups (broad SMARTS) is 1. The van der Waals surface area contributed by atoms with Crippen LogP contribution in [0.5, 0.6) is 0 Å². The van der Waals surface area contributed by atoms with E-state index >= 15 is 0 Å². The Labute approximate surface area is 169 Å². The van der Waals surface area contributed by atoms with Crippen molar-refractivity contribution in [2.45, 2.75) is 44.0 Å². The fourth-order valence-corrected chi connectivity index (χ4v) is 4.63. The Morgan fingerprint density at radius 1 is 1.32 bits per heavy atom. The summed E-state index contributed by atoms with van der Waals surface area (Å²) in [7, 11) is -1.42. The molecule has 5 N–H and O–H groups in total. The second-order valence-electron chi connectivity index (χ2n) is 8.03. The predicted octanol–water partition coefficient (Wildman–Crippen LogP) is 0.938. The number of halogens is 1. The Hall–Kier alpha value is -1.61. The molecule has 0 aromatic heterocycles. The molecule has 0 bridgehead atoms.